The molecule has 0 spiro atoms. The Morgan fingerprint density at radius 2 is 2.12 bits per heavy atom. The molecule has 1 N–H and O–H groups in total. The number of likely N-dealkylation sites (N-methyl/N-ethyl adjacent to an activating group) is 1. The number of aliphatic carboxylic acids is 1. The summed E-state index contributed by atoms with van der Waals surface area (Å²) in [7, 11) is 1.40. The Morgan fingerprint density at radius 1 is 1.47 bits per heavy atom. The molecule has 1 aromatic rings. The van der Waals surface area contributed by atoms with Crippen molar-refractivity contribution >= 4 is 11.9 Å². The first-order valence-electron chi connectivity index (χ1n) is 5.07. The van der Waals surface area contributed by atoms with E-state index in [1.807, 2.05) is 0 Å². The molecule has 0 radical (unpaired) electrons. The number of carbonyl (C=O) groups excluding carboxylic acids is 1. The number of carboxylic acids is 1. The van der Waals surface area contributed by atoms with E-state index in [9.17, 15) is 14.4 Å². The van der Waals surface area contributed by atoms with Gasteiger partial charge in [0.15, 0.2) is 0 Å². The van der Waals surface area contributed by atoms with E-state index in [2.05, 4.69) is 0 Å². The smallest absolute Gasteiger partial charge is 0.326 e. The molecule has 6 nitrogen and oxygen atoms in total. The molecule has 1 unspecified atom stereocenters. The molecule has 17 heavy (non-hydrogen) atoms. The molecule has 1 aromatic heterocycles. The zero-order valence-corrected chi connectivity index (χ0v) is 9.66. The van der Waals surface area contributed by atoms with Gasteiger partial charge in [0.2, 0.25) is 5.91 Å². The lowest BCUT2D eigenvalue weighted by Gasteiger charge is -2.21. The molecule has 0 saturated heterocycles. The van der Waals surface area contributed by atoms with Crippen LogP contribution in [0.1, 0.15) is 6.92 Å². The Hall–Kier alpha value is -2.11. The Labute approximate surface area is 98.1 Å². The molecule has 0 aliphatic carbocycles. The molecule has 1 amide bonds. The van der Waals surface area contributed by atoms with E-state index in [1.165, 1.54) is 30.8 Å². The predicted molar refractivity (Wildman–Crippen MR) is 60.6 cm³/mol. The molecule has 0 fully saturated rings. The van der Waals surface area contributed by atoms with Crippen molar-refractivity contribution in [1.82, 2.24) is 9.47 Å². The topological polar surface area (TPSA) is 79.6 Å². The molecule has 1 rings (SSSR count). The predicted octanol–water partition coefficient (Wildman–Crippen LogP) is -0.220. The van der Waals surface area contributed by atoms with Gasteiger partial charge in [0.25, 0.3) is 5.56 Å². The number of hydrogen-bond acceptors (Lipinski definition) is 3. The standard InChI is InChI=1S/C11H14N2O4/c1-8(11(16)17)12(2)10(15)7-13-6-4-3-5-9(13)14/h3-6,8H,7H2,1-2H3,(H,16,17). The molecule has 92 valence electrons. The second-order valence-corrected chi connectivity index (χ2v) is 3.69. The monoisotopic (exact) mass is 238 g/mol. The average Bonchev–Trinajstić information content (AvgIpc) is 2.30. The lowest BCUT2D eigenvalue weighted by molar-refractivity contribution is -0.148. The van der Waals surface area contributed by atoms with E-state index in [0.29, 0.717) is 0 Å². The van der Waals surface area contributed by atoms with E-state index < -0.39 is 17.9 Å². The van der Waals surface area contributed by atoms with Gasteiger partial charge in [0.1, 0.15) is 12.6 Å². The van der Waals surface area contributed by atoms with Crippen molar-refractivity contribution in [3.8, 4) is 0 Å². The SMILES string of the molecule is CC(C(=O)O)N(C)C(=O)Cn1ccccc1=O. The van der Waals surface area contributed by atoms with Crippen LogP contribution in [0, 0.1) is 0 Å². The van der Waals surface area contributed by atoms with Crippen LogP contribution in [0.4, 0.5) is 0 Å². The number of nitrogens with zero attached hydrogens (tertiary/aromatic N) is 2. The molecule has 0 aliphatic heterocycles. The number of rotatable bonds is 4. The second kappa shape index (κ2) is 5.29. The number of hydrogen-bond donors (Lipinski definition) is 1. The Kier molecular flexibility index (Phi) is 4.03. The van der Waals surface area contributed by atoms with Crippen LogP contribution < -0.4 is 5.56 Å². The summed E-state index contributed by atoms with van der Waals surface area (Å²) in [6, 6.07) is 3.64. The van der Waals surface area contributed by atoms with Gasteiger partial charge in [-0.15, -0.1) is 0 Å². The van der Waals surface area contributed by atoms with Gasteiger partial charge in [-0.05, 0) is 13.0 Å². The molecule has 1 heterocycles. The largest absolute Gasteiger partial charge is 0.480 e. The molecule has 1 atom stereocenters. The van der Waals surface area contributed by atoms with Crippen LogP contribution in [0.15, 0.2) is 29.2 Å². The molecule has 0 bridgehead atoms. The van der Waals surface area contributed by atoms with Crippen molar-refractivity contribution in [1.29, 1.82) is 0 Å². The van der Waals surface area contributed by atoms with Crippen LogP contribution in [0.25, 0.3) is 0 Å². The second-order valence-electron chi connectivity index (χ2n) is 3.69. The first kappa shape index (κ1) is 13.0. The molecule has 6 heteroatoms. The highest BCUT2D eigenvalue weighted by molar-refractivity contribution is 5.82. The quantitative estimate of drug-likeness (QED) is 0.786. The van der Waals surface area contributed by atoms with Gasteiger partial charge < -0.3 is 14.6 Å². The highest BCUT2D eigenvalue weighted by atomic mass is 16.4. The molecule has 0 saturated carbocycles. The zero-order chi connectivity index (χ0) is 13.0. The van der Waals surface area contributed by atoms with Crippen LogP contribution in [0.5, 0.6) is 0 Å². The third kappa shape index (κ3) is 3.17. The van der Waals surface area contributed by atoms with E-state index in [1.54, 1.807) is 12.1 Å². The minimum Gasteiger partial charge on any atom is -0.480 e. The summed E-state index contributed by atoms with van der Waals surface area (Å²) in [5.41, 5.74) is -0.294. The van der Waals surface area contributed by atoms with Crippen LogP contribution in [-0.4, -0.2) is 39.5 Å². The minimum atomic E-state index is -1.08. The first-order chi connectivity index (χ1) is 7.93. The van der Waals surface area contributed by atoms with Crippen molar-refractivity contribution in [3.05, 3.63) is 34.7 Å². The summed E-state index contributed by atoms with van der Waals surface area (Å²) < 4.78 is 1.23. The summed E-state index contributed by atoms with van der Waals surface area (Å²) >= 11 is 0. The third-order valence-corrected chi connectivity index (χ3v) is 2.54. The van der Waals surface area contributed by atoms with Crippen LogP contribution in [0.3, 0.4) is 0 Å². The van der Waals surface area contributed by atoms with E-state index in [-0.39, 0.29) is 12.1 Å². The number of carbonyl (C=O) groups is 2. The maximum Gasteiger partial charge on any atom is 0.326 e. The Morgan fingerprint density at radius 3 is 2.65 bits per heavy atom. The third-order valence-electron chi connectivity index (χ3n) is 2.54. The normalized spacial score (nSPS) is 11.9. The van der Waals surface area contributed by atoms with Gasteiger partial charge in [-0.25, -0.2) is 4.79 Å². The molecular weight excluding hydrogens is 224 g/mol. The summed E-state index contributed by atoms with van der Waals surface area (Å²) in [5, 5.41) is 8.76. The van der Waals surface area contributed by atoms with Gasteiger partial charge in [-0.1, -0.05) is 6.07 Å². The van der Waals surface area contributed by atoms with Crippen LogP contribution in [-0.2, 0) is 16.1 Å². The maximum absolute atomic E-state index is 11.7. The van der Waals surface area contributed by atoms with Crippen molar-refractivity contribution in [2.45, 2.75) is 19.5 Å². The van der Waals surface area contributed by atoms with Crippen molar-refractivity contribution in [2.24, 2.45) is 0 Å². The van der Waals surface area contributed by atoms with Crippen molar-refractivity contribution in [3.63, 3.8) is 0 Å². The fourth-order valence-electron chi connectivity index (χ4n) is 1.23. The fraction of sp³-hybridized carbons (Fsp3) is 0.364. The lowest BCUT2D eigenvalue weighted by atomic mass is 10.3. The number of carboxylic acid groups (broad SMARTS) is 1. The summed E-state index contributed by atoms with van der Waals surface area (Å²) in [5.74, 6) is -1.51. The average molecular weight is 238 g/mol. The summed E-state index contributed by atoms with van der Waals surface area (Å²) in [6.07, 6.45) is 1.49. The van der Waals surface area contributed by atoms with Crippen molar-refractivity contribution in [2.75, 3.05) is 7.05 Å². The Balaban J connectivity index is 2.77. The number of amides is 1. The Bertz CT molecular complexity index is 480. The van der Waals surface area contributed by atoms with Crippen molar-refractivity contribution < 1.29 is 14.7 Å². The molecule has 0 aliphatic rings. The van der Waals surface area contributed by atoms with Gasteiger partial charge >= 0.3 is 5.97 Å². The van der Waals surface area contributed by atoms with E-state index in [0.717, 1.165) is 4.90 Å². The van der Waals surface area contributed by atoms with Crippen LogP contribution >= 0.6 is 0 Å². The maximum atomic E-state index is 11.7. The van der Waals surface area contributed by atoms with E-state index >= 15 is 0 Å². The van der Waals surface area contributed by atoms with E-state index in [4.69, 9.17) is 5.11 Å². The zero-order valence-electron chi connectivity index (χ0n) is 9.66. The van der Waals surface area contributed by atoms with Gasteiger partial charge in [0.05, 0.1) is 0 Å². The highest BCUT2D eigenvalue weighted by Gasteiger charge is 2.21. The minimum absolute atomic E-state index is 0.159. The molecule has 0 aromatic carbocycles. The number of pyridine rings is 1. The first-order valence-corrected chi connectivity index (χ1v) is 5.07. The number of aromatic nitrogens is 1. The van der Waals surface area contributed by atoms with Gasteiger partial charge in [0, 0.05) is 19.3 Å². The molecular formula is C11H14N2O4. The lowest BCUT2D eigenvalue weighted by Crippen LogP contribution is -2.42. The van der Waals surface area contributed by atoms with Gasteiger partial charge in [-0.3, -0.25) is 9.59 Å². The fourth-order valence-corrected chi connectivity index (χ4v) is 1.23. The highest BCUT2D eigenvalue weighted by Crippen LogP contribution is 1.98. The van der Waals surface area contributed by atoms with Crippen LogP contribution in [0.2, 0.25) is 0 Å². The van der Waals surface area contributed by atoms with Gasteiger partial charge in [-0.2, -0.15) is 0 Å². The summed E-state index contributed by atoms with van der Waals surface area (Å²) in [6.45, 7) is 1.25. The summed E-state index contributed by atoms with van der Waals surface area (Å²) in [4.78, 5) is 34.9.